The van der Waals surface area contributed by atoms with Crippen molar-refractivity contribution < 1.29 is 22.3 Å². The highest BCUT2D eigenvalue weighted by Crippen LogP contribution is 2.27. The highest BCUT2D eigenvalue weighted by atomic mass is 127. The number of hydrogen-bond donors (Lipinski definition) is 2. The number of amides is 1. The van der Waals surface area contributed by atoms with Crippen LogP contribution < -0.4 is 13.8 Å². The van der Waals surface area contributed by atoms with Crippen LogP contribution in [-0.2, 0) is 9.39 Å². The second-order valence-corrected chi connectivity index (χ2v) is 6.14. The molecule has 0 spiro atoms. The molecule has 8 heteroatoms. The van der Waals surface area contributed by atoms with Crippen molar-refractivity contribution in [3.05, 3.63) is 23.8 Å². The van der Waals surface area contributed by atoms with E-state index in [0.717, 1.165) is 5.56 Å². The molecular weight excluding hydrogens is 388 g/mol. The Morgan fingerprint density at radius 3 is 2.86 bits per heavy atom. The number of fused-ring (bicyclic) bond motifs is 1. The lowest BCUT2D eigenvalue weighted by molar-refractivity contribution is 0.0498. The number of halogens is 1. The van der Waals surface area contributed by atoms with Gasteiger partial charge in [-0.1, -0.05) is 12.1 Å². The van der Waals surface area contributed by atoms with Gasteiger partial charge in [-0.2, -0.15) is 0 Å². The van der Waals surface area contributed by atoms with Gasteiger partial charge in [0.2, 0.25) is 0 Å². The standard InChI is InChI=1S/C13H17BINO5/c1-13(2,3)19-12(17)16-7-10-8-5-4-6-9(21-15)11(8)14(18)20-10/h4-6,10,18H,7H2,1-3H3,(H,16,17). The molecule has 1 aromatic carbocycles. The fourth-order valence-corrected chi connectivity index (χ4v) is 2.50. The Balaban J connectivity index is 2.04. The lowest BCUT2D eigenvalue weighted by Gasteiger charge is -2.21. The van der Waals surface area contributed by atoms with Gasteiger partial charge >= 0.3 is 13.2 Å². The molecule has 0 radical (unpaired) electrons. The van der Waals surface area contributed by atoms with Gasteiger partial charge in [0, 0.05) is 12.0 Å². The third kappa shape index (κ3) is 4.01. The number of benzene rings is 1. The molecular formula is C13H17BINO5. The maximum Gasteiger partial charge on any atom is 0.495 e. The molecule has 1 amide bonds. The molecule has 1 aliphatic heterocycles. The molecule has 21 heavy (non-hydrogen) atoms. The van der Waals surface area contributed by atoms with E-state index in [9.17, 15) is 9.82 Å². The number of nitrogens with one attached hydrogen (secondary N) is 1. The smallest absolute Gasteiger partial charge is 0.444 e. The second-order valence-electron chi connectivity index (χ2n) is 5.70. The summed E-state index contributed by atoms with van der Waals surface area (Å²) in [6.07, 6.45) is -0.954. The molecule has 2 rings (SSSR count). The zero-order chi connectivity index (χ0) is 15.6. The minimum atomic E-state index is -1.06. The second kappa shape index (κ2) is 6.41. The van der Waals surface area contributed by atoms with Crippen LogP contribution in [0.15, 0.2) is 18.2 Å². The molecule has 0 fully saturated rings. The first-order valence-corrected chi connectivity index (χ1v) is 7.41. The van der Waals surface area contributed by atoms with Gasteiger partial charge in [-0.25, -0.2) is 4.79 Å². The fourth-order valence-electron chi connectivity index (χ4n) is 2.12. The zero-order valence-electron chi connectivity index (χ0n) is 12.1. The first-order chi connectivity index (χ1) is 9.81. The average Bonchev–Trinajstić information content (AvgIpc) is 2.71. The molecule has 0 saturated carbocycles. The van der Waals surface area contributed by atoms with Crippen LogP contribution in [-0.4, -0.2) is 30.4 Å². The van der Waals surface area contributed by atoms with Gasteiger partial charge in [0.05, 0.1) is 6.10 Å². The summed E-state index contributed by atoms with van der Waals surface area (Å²) in [5.74, 6) is 0.556. The van der Waals surface area contributed by atoms with E-state index in [1.54, 1.807) is 49.8 Å². The Labute approximate surface area is 138 Å². The Bertz CT molecular complexity index is 534. The topological polar surface area (TPSA) is 77.0 Å². The number of hydrogen-bond acceptors (Lipinski definition) is 5. The normalized spacial score (nSPS) is 17.4. The maximum atomic E-state index is 11.7. The van der Waals surface area contributed by atoms with E-state index in [1.165, 1.54) is 0 Å². The predicted molar refractivity (Wildman–Crippen MR) is 86.8 cm³/mol. The van der Waals surface area contributed by atoms with Crippen LogP contribution in [0.5, 0.6) is 5.75 Å². The average molecular weight is 405 g/mol. The Morgan fingerprint density at radius 1 is 1.52 bits per heavy atom. The number of ether oxygens (including phenoxy) is 1. The Hall–Kier alpha value is -0.995. The molecule has 1 atom stereocenters. The SMILES string of the molecule is CC(C)(C)OC(=O)NCC1OB(O)c2c(OI)cccc21. The van der Waals surface area contributed by atoms with Crippen LogP contribution in [0.4, 0.5) is 4.79 Å². The summed E-state index contributed by atoms with van der Waals surface area (Å²) in [6.45, 7) is 5.59. The largest absolute Gasteiger partial charge is 0.495 e. The monoisotopic (exact) mass is 405 g/mol. The molecule has 0 saturated heterocycles. The van der Waals surface area contributed by atoms with Crippen molar-refractivity contribution in [3.63, 3.8) is 0 Å². The van der Waals surface area contributed by atoms with E-state index >= 15 is 0 Å². The van der Waals surface area contributed by atoms with Crippen LogP contribution in [0.1, 0.15) is 32.4 Å². The van der Waals surface area contributed by atoms with Crippen LogP contribution in [0.2, 0.25) is 0 Å². The van der Waals surface area contributed by atoms with Crippen molar-refractivity contribution in [1.29, 1.82) is 0 Å². The van der Waals surface area contributed by atoms with Gasteiger partial charge in [0.25, 0.3) is 0 Å². The number of carbonyl (C=O) groups is 1. The number of alkyl carbamates (subject to hydrolysis) is 1. The molecule has 0 bridgehead atoms. The summed E-state index contributed by atoms with van der Waals surface area (Å²) in [4.78, 5) is 11.7. The van der Waals surface area contributed by atoms with Crippen molar-refractivity contribution >= 4 is 41.7 Å². The summed E-state index contributed by atoms with van der Waals surface area (Å²) in [5, 5.41) is 12.6. The zero-order valence-corrected chi connectivity index (χ0v) is 14.2. The third-order valence-electron chi connectivity index (χ3n) is 2.90. The molecule has 1 unspecified atom stereocenters. The van der Waals surface area contributed by atoms with Crippen molar-refractivity contribution in [2.75, 3.05) is 6.54 Å². The number of carbonyl (C=O) groups excluding carboxylic acids is 1. The minimum Gasteiger partial charge on any atom is -0.444 e. The molecule has 0 aromatic heterocycles. The van der Waals surface area contributed by atoms with Gasteiger partial charge in [-0.05, 0) is 32.4 Å². The molecule has 1 heterocycles. The molecule has 0 aliphatic carbocycles. The van der Waals surface area contributed by atoms with Crippen molar-refractivity contribution in [1.82, 2.24) is 5.32 Å². The molecule has 1 aromatic rings. The van der Waals surface area contributed by atoms with E-state index < -0.39 is 24.9 Å². The fraction of sp³-hybridized carbons (Fsp3) is 0.462. The Kier molecular flexibility index (Phi) is 5.00. The van der Waals surface area contributed by atoms with E-state index in [-0.39, 0.29) is 6.54 Å². The van der Waals surface area contributed by atoms with Gasteiger partial charge in [0.1, 0.15) is 11.4 Å². The minimum absolute atomic E-state index is 0.212. The molecule has 1 aliphatic rings. The highest BCUT2D eigenvalue weighted by molar-refractivity contribution is 14.1. The van der Waals surface area contributed by atoms with Crippen molar-refractivity contribution in [2.24, 2.45) is 0 Å². The van der Waals surface area contributed by atoms with Crippen LogP contribution >= 0.6 is 23.0 Å². The van der Waals surface area contributed by atoms with Gasteiger partial charge in [0.15, 0.2) is 23.0 Å². The van der Waals surface area contributed by atoms with Crippen LogP contribution in [0.3, 0.4) is 0 Å². The van der Waals surface area contributed by atoms with E-state index in [4.69, 9.17) is 12.5 Å². The quantitative estimate of drug-likeness (QED) is 0.592. The van der Waals surface area contributed by atoms with Gasteiger partial charge < -0.3 is 22.8 Å². The first kappa shape index (κ1) is 16.4. The molecule has 114 valence electrons. The van der Waals surface area contributed by atoms with Crippen molar-refractivity contribution in [2.45, 2.75) is 32.5 Å². The predicted octanol–water partition coefficient (Wildman–Crippen LogP) is 1.70. The van der Waals surface area contributed by atoms with Gasteiger partial charge in [-0.15, -0.1) is 0 Å². The summed E-state index contributed by atoms with van der Waals surface area (Å²) in [5.41, 5.74) is 0.843. The van der Waals surface area contributed by atoms with E-state index in [1.807, 2.05) is 12.1 Å². The maximum absolute atomic E-state index is 11.7. The summed E-state index contributed by atoms with van der Waals surface area (Å²) < 4.78 is 15.8. The molecule has 6 nitrogen and oxygen atoms in total. The molecule has 2 N–H and O–H groups in total. The van der Waals surface area contributed by atoms with E-state index in [2.05, 4.69) is 5.32 Å². The lowest BCUT2D eigenvalue weighted by Crippen LogP contribution is -2.35. The summed E-state index contributed by atoms with van der Waals surface area (Å²) in [7, 11) is -1.06. The van der Waals surface area contributed by atoms with Gasteiger partial charge in [-0.3, -0.25) is 0 Å². The first-order valence-electron chi connectivity index (χ1n) is 6.53. The van der Waals surface area contributed by atoms with Crippen molar-refractivity contribution in [3.8, 4) is 5.75 Å². The third-order valence-corrected chi connectivity index (χ3v) is 3.38. The van der Waals surface area contributed by atoms with E-state index in [0.29, 0.717) is 11.2 Å². The van der Waals surface area contributed by atoms with Crippen LogP contribution in [0.25, 0.3) is 0 Å². The highest BCUT2D eigenvalue weighted by Gasteiger charge is 2.38. The lowest BCUT2D eigenvalue weighted by atomic mass is 9.78. The Morgan fingerprint density at radius 2 is 2.24 bits per heavy atom. The summed E-state index contributed by atoms with van der Waals surface area (Å²) in [6, 6.07) is 5.41. The van der Waals surface area contributed by atoms with Crippen LogP contribution in [0, 0.1) is 0 Å². The number of rotatable bonds is 3. The summed E-state index contributed by atoms with van der Waals surface area (Å²) >= 11 is 1.75.